The number of hydrogen-bond donors (Lipinski definition) is 3. The van der Waals surface area contributed by atoms with Crippen LogP contribution in [0.5, 0.6) is 5.75 Å². The van der Waals surface area contributed by atoms with Gasteiger partial charge in [0.15, 0.2) is 6.61 Å². The van der Waals surface area contributed by atoms with Crippen molar-refractivity contribution < 1.29 is 19.1 Å². The summed E-state index contributed by atoms with van der Waals surface area (Å²) in [5, 5.41) is 2.52. The molecule has 1 aromatic rings. The molecule has 3 amide bonds. The quantitative estimate of drug-likeness (QED) is 0.553. The van der Waals surface area contributed by atoms with Crippen molar-refractivity contribution in [3.8, 4) is 5.75 Å². The molecule has 1 aliphatic carbocycles. The van der Waals surface area contributed by atoms with E-state index in [1.165, 1.54) is 0 Å². The van der Waals surface area contributed by atoms with E-state index in [2.05, 4.69) is 16.2 Å². The third kappa shape index (κ3) is 4.98. The molecule has 0 aliphatic heterocycles. The van der Waals surface area contributed by atoms with E-state index in [1.807, 2.05) is 32.9 Å². The van der Waals surface area contributed by atoms with E-state index in [0.29, 0.717) is 5.75 Å². The summed E-state index contributed by atoms with van der Waals surface area (Å²) in [7, 11) is 0. The molecule has 1 aliphatic rings. The number of carbonyl (C=O) groups excluding carboxylic acids is 3. The van der Waals surface area contributed by atoms with Crippen molar-refractivity contribution in [3.05, 3.63) is 28.8 Å². The molecular formula is C16H21N3O4. The van der Waals surface area contributed by atoms with Crippen LogP contribution in [-0.4, -0.2) is 30.4 Å². The molecule has 1 saturated carbocycles. The van der Waals surface area contributed by atoms with E-state index < -0.39 is 17.7 Å². The van der Waals surface area contributed by atoms with E-state index in [1.54, 1.807) is 0 Å². The Balaban J connectivity index is 1.76. The molecule has 1 fully saturated rings. The first-order valence-electron chi connectivity index (χ1n) is 7.47. The minimum absolute atomic E-state index is 0.0831. The number of amides is 3. The van der Waals surface area contributed by atoms with E-state index in [9.17, 15) is 14.4 Å². The fourth-order valence-electron chi connectivity index (χ4n) is 2.23. The van der Waals surface area contributed by atoms with Crippen LogP contribution in [-0.2, 0) is 14.4 Å². The van der Waals surface area contributed by atoms with Crippen LogP contribution in [0.1, 0.15) is 29.5 Å². The van der Waals surface area contributed by atoms with Gasteiger partial charge in [0.2, 0.25) is 0 Å². The van der Waals surface area contributed by atoms with Crippen molar-refractivity contribution in [2.24, 2.45) is 0 Å². The van der Waals surface area contributed by atoms with Gasteiger partial charge in [-0.15, -0.1) is 0 Å². The monoisotopic (exact) mass is 319 g/mol. The van der Waals surface area contributed by atoms with Crippen LogP contribution in [0.25, 0.3) is 0 Å². The summed E-state index contributed by atoms with van der Waals surface area (Å²) >= 11 is 0. The highest BCUT2D eigenvalue weighted by molar-refractivity contribution is 6.35. The van der Waals surface area contributed by atoms with E-state index in [0.717, 1.165) is 29.5 Å². The van der Waals surface area contributed by atoms with Gasteiger partial charge in [0.1, 0.15) is 5.75 Å². The predicted molar refractivity (Wildman–Crippen MR) is 83.6 cm³/mol. The zero-order valence-electron chi connectivity index (χ0n) is 13.5. The summed E-state index contributed by atoms with van der Waals surface area (Å²) in [5.74, 6) is -1.55. The van der Waals surface area contributed by atoms with Gasteiger partial charge in [-0.25, -0.2) is 0 Å². The molecule has 124 valence electrons. The summed E-state index contributed by atoms with van der Waals surface area (Å²) in [6.07, 6.45) is 1.77. The Morgan fingerprint density at radius 1 is 1.04 bits per heavy atom. The minimum Gasteiger partial charge on any atom is -0.483 e. The van der Waals surface area contributed by atoms with Gasteiger partial charge in [-0.3, -0.25) is 25.2 Å². The minimum atomic E-state index is -0.895. The van der Waals surface area contributed by atoms with Gasteiger partial charge >= 0.3 is 11.8 Å². The molecule has 3 N–H and O–H groups in total. The average Bonchev–Trinajstić information content (AvgIpc) is 3.27. The third-order valence-electron chi connectivity index (χ3n) is 3.39. The van der Waals surface area contributed by atoms with Crippen LogP contribution < -0.4 is 20.9 Å². The highest BCUT2D eigenvalue weighted by Crippen LogP contribution is 2.24. The van der Waals surface area contributed by atoms with Gasteiger partial charge in [0.05, 0.1) is 0 Å². The lowest BCUT2D eigenvalue weighted by molar-refractivity contribution is -0.141. The second kappa shape index (κ2) is 7.13. The van der Waals surface area contributed by atoms with Gasteiger partial charge in [0, 0.05) is 6.04 Å². The van der Waals surface area contributed by atoms with E-state index >= 15 is 0 Å². The molecule has 0 saturated heterocycles. The lowest BCUT2D eigenvalue weighted by Crippen LogP contribution is -2.50. The molecule has 0 bridgehead atoms. The van der Waals surface area contributed by atoms with Crippen molar-refractivity contribution >= 4 is 17.7 Å². The van der Waals surface area contributed by atoms with Crippen molar-refractivity contribution in [1.29, 1.82) is 0 Å². The predicted octanol–water partition coefficient (Wildman–Crippen LogP) is 0.417. The number of hydrazine groups is 1. The van der Waals surface area contributed by atoms with Crippen LogP contribution in [0.3, 0.4) is 0 Å². The van der Waals surface area contributed by atoms with Crippen LogP contribution in [0.15, 0.2) is 12.1 Å². The molecule has 2 rings (SSSR count). The maximum absolute atomic E-state index is 11.7. The SMILES string of the molecule is Cc1cc(C)c(OCC(=O)NNC(=O)C(=O)NC2CC2)c(C)c1. The smallest absolute Gasteiger partial charge is 0.327 e. The number of benzene rings is 1. The Kier molecular flexibility index (Phi) is 5.20. The zero-order valence-corrected chi connectivity index (χ0v) is 13.5. The number of hydrogen-bond acceptors (Lipinski definition) is 4. The summed E-state index contributed by atoms with van der Waals surface area (Å²) in [5.41, 5.74) is 7.20. The number of rotatable bonds is 4. The first-order valence-corrected chi connectivity index (χ1v) is 7.47. The topological polar surface area (TPSA) is 96.5 Å². The van der Waals surface area contributed by atoms with Gasteiger partial charge in [0.25, 0.3) is 5.91 Å². The number of aryl methyl sites for hydroxylation is 3. The molecule has 7 nitrogen and oxygen atoms in total. The maximum atomic E-state index is 11.7. The normalized spacial score (nSPS) is 13.2. The Morgan fingerprint density at radius 2 is 1.65 bits per heavy atom. The zero-order chi connectivity index (χ0) is 17.0. The molecule has 23 heavy (non-hydrogen) atoms. The van der Waals surface area contributed by atoms with Crippen molar-refractivity contribution in [2.75, 3.05) is 6.61 Å². The maximum Gasteiger partial charge on any atom is 0.327 e. The molecular weight excluding hydrogens is 298 g/mol. The highest BCUT2D eigenvalue weighted by Gasteiger charge is 2.26. The number of ether oxygens (including phenoxy) is 1. The fourth-order valence-corrected chi connectivity index (χ4v) is 2.23. The Labute approximate surface area is 134 Å². The van der Waals surface area contributed by atoms with Crippen LogP contribution >= 0.6 is 0 Å². The van der Waals surface area contributed by atoms with E-state index in [4.69, 9.17) is 4.74 Å². The standard InChI is InChI=1S/C16H21N3O4/c1-9-6-10(2)14(11(3)7-9)23-8-13(20)18-19-16(22)15(21)17-12-4-5-12/h6-7,12H,4-5,8H2,1-3H3,(H,17,21)(H,18,20)(H,19,22). The van der Waals surface area contributed by atoms with E-state index in [-0.39, 0.29) is 12.6 Å². The second-order valence-corrected chi connectivity index (χ2v) is 5.77. The fraction of sp³-hybridized carbons (Fsp3) is 0.438. The molecule has 0 heterocycles. The van der Waals surface area contributed by atoms with Crippen LogP contribution in [0, 0.1) is 20.8 Å². The molecule has 0 spiro atoms. The Morgan fingerprint density at radius 3 is 2.22 bits per heavy atom. The van der Waals surface area contributed by atoms with Gasteiger partial charge in [-0.05, 0) is 44.7 Å². The molecule has 7 heteroatoms. The van der Waals surface area contributed by atoms with Crippen molar-refractivity contribution in [2.45, 2.75) is 39.7 Å². The second-order valence-electron chi connectivity index (χ2n) is 5.77. The summed E-state index contributed by atoms with van der Waals surface area (Å²) < 4.78 is 5.49. The number of nitrogens with one attached hydrogen (secondary N) is 3. The summed E-state index contributed by atoms with van der Waals surface area (Å²) in [6, 6.07) is 4.01. The van der Waals surface area contributed by atoms with Gasteiger partial charge < -0.3 is 10.1 Å². The lowest BCUT2D eigenvalue weighted by Gasteiger charge is -2.13. The molecule has 0 radical (unpaired) electrons. The molecule has 0 atom stereocenters. The van der Waals surface area contributed by atoms with Crippen molar-refractivity contribution in [3.63, 3.8) is 0 Å². The van der Waals surface area contributed by atoms with Crippen molar-refractivity contribution in [1.82, 2.24) is 16.2 Å². The van der Waals surface area contributed by atoms with Crippen LogP contribution in [0.2, 0.25) is 0 Å². The summed E-state index contributed by atoms with van der Waals surface area (Å²) in [4.78, 5) is 34.5. The van der Waals surface area contributed by atoms with Gasteiger partial charge in [-0.2, -0.15) is 0 Å². The average molecular weight is 319 g/mol. The highest BCUT2D eigenvalue weighted by atomic mass is 16.5. The van der Waals surface area contributed by atoms with Gasteiger partial charge in [-0.1, -0.05) is 17.7 Å². The van der Waals surface area contributed by atoms with Crippen LogP contribution in [0.4, 0.5) is 0 Å². The lowest BCUT2D eigenvalue weighted by atomic mass is 10.1. The third-order valence-corrected chi connectivity index (χ3v) is 3.39. The first-order chi connectivity index (χ1) is 10.9. The number of carbonyl (C=O) groups is 3. The first kappa shape index (κ1) is 16.8. The largest absolute Gasteiger partial charge is 0.483 e. The molecule has 0 aromatic heterocycles. The Hall–Kier alpha value is -2.57. The molecule has 1 aromatic carbocycles. The summed E-state index contributed by atoms with van der Waals surface area (Å²) in [6.45, 7) is 5.53. The molecule has 0 unspecified atom stereocenters. The Bertz CT molecular complexity index is 615.